The Morgan fingerprint density at radius 3 is 2.87 bits per heavy atom. The lowest BCUT2D eigenvalue weighted by atomic mass is 9.95. The van der Waals surface area contributed by atoms with Crippen LogP contribution in [0.15, 0.2) is 0 Å². The molecule has 3 atom stereocenters. The van der Waals surface area contributed by atoms with Crippen molar-refractivity contribution >= 4 is 5.78 Å². The highest BCUT2D eigenvalue weighted by Crippen LogP contribution is 2.24. The molecule has 0 aromatic heterocycles. The number of nitrogens with zero attached hydrogens (tertiary/aromatic N) is 1. The lowest BCUT2D eigenvalue weighted by Crippen LogP contribution is -2.44. The summed E-state index contributed by atoms with van der Waals surface area (Å²) in [6, 6.07) is 0. The Morgan fingerprint density at radius 2 is 2.27 bits per heavy atom. The summed E-state index contributed by atoms with van der Waals surface area (Å²) < 4.78 is 0. The SMILES string of the molecule is CC1CN(CC2CCCC2=O)CCC1O. The Bertz CT molecular complexity index is 242. The van der Waals surface area contributed by atoms with E-state index in [1.54, 1.807) is 0 Å². The van der Waals surface area contributed by atoms with Crippen LogP contribution >= 0.6 is 0 Å². The Kier molecular flexibility index (Phi) is 3.42. The van der Waals surface area contributed by atoms with Crippen molar-refractivity contribution in [2.75, 3.05) is 19.6 Å². The van der Waals surface area contributed by atoms with Crippen LogP contribution in [0.2, 0.25) is 0 Å². The molecule has 2 fully saturated rings. The number of aliphatic hydroxyl groups is 1. The Balaban J connectivity index is 1.82. The molecule has 86 valence electrons. The van der Waals surface area contributed by atoms with E-state index in [0.29, 0.717) is 11.7 Å². The summed E-state index contributed by atoms with van der Waals surface area (Å²) in [6.45, 7) is 4.92. The second-order valence-electron chi connectivity index (χ2n) is 5.15. The maximum Gasteiger partial charge on any atom is 0.137 e. The van der Waals surface area contributed by atoms with Crippen LogP contribution in [0.4, 0.5) is 0 Å². The van der Waals surface area contributed by atoms with Crippen molar-refractivity contribution in [3.05, 3.63) is 0 Å². The first kappa shape index (κ1) is 11.1. The molecule has 3 unspecified atom stereocenters. The molecule has 0 radical (unpaired) electrons. The van der Waals surface area contributed by atoms with Crippen LogP contribution in [0.1, 0.15) is 32.6 Å². The standard InChI is InChI=1S/C12H21NO2/c1-9-7-13(6-5-11(9)14)8-10-3-2-4-12(10)15/h9-11,14H,2-8H2,1H3. The van der Waals surface area contributed by atoms with Gasteiger partial charge in [0.15, 0.2) is 0 Å². The quantitative estimate of drug-likeness (QED) is 0.742. The zero-order chi connectivity index (χ0) is 10.8. The lowest BCUT2D eigenvalue weighted by molar-refractivity contribution is -0.121. The van der Waals surface area contributed by atoms with E-state index in [0.717, 1.165) is 45.3 Å². The molecule has 1 saturated carbocycles. The molecule has 1 N–H and O–H groups in total. The minimum Gasteiger partial charge on any atom is -0.393 e. The number of rotatable bonds is 2. The number of hydrogen-bond acceptors (Lipinski definition) is 3. The maximum atomic E-state index is 11.5. The predicted molar refractivity (Wildman–Crippen MR) is 58.6 cm³/mol. The van der Waals surface area contributed by atoms with Crippen LogP contribution in [0.25, 0.3) is 0 Å². The van der Waals surface area contributed by atoms with E-state index in [1.807, 2.05) is 0 Å². The van der Waals surface area contributed by atoms with E-state index in [1.165, 1.54) is 0 Å². The summed E-state index contributed by atoms with van der Waals surface area (Å²) in [5, 5.41) is 9.61. The van der Waals surface area contributed by atoms with Gasteiger partial charge in [-0.1, -0.05) is 6.92 Å². The van der Waals surface area contributed by atoms with Gasteiger partial charge in [-0.2, -0.15) is 0 Å². The van der Waals surface area contributed by atoms with Crippen molar-refractivity contribution < 1.29 is 9.90 Å². The average molecular weight is 211 g/mol. The average Bonchev–Trinajstić information content (AvgIpc) is 2.59. The first-order valence-electron chi connectivity index (χ1n) is 6.10. The molecule has 15 heavy (non-hydrogen) atoms. The maximum absolute atomic E-state index is 11.5. The predicted octanol–water partition coefficient (Wildman–Crippen LogP) is 1.06. The number of ketones is 1. The first-order valence-corrected chi connectivity index (χ1v) is 6.10. The molecule has 0 aromatic carbocycles. The van der Waals surface area contributed by atoms with Crippen molar-refractivity contribution in [3.8, 4) is 0 Å². The van der Waals surface area contributed by atoms with Crippen LogP contribution < -0.4 is 0 Å². The van der Waals surface area contributed by atoms with Crippen LogP contribution in [0.5, 0.6) is 0 Å². The Hall–Kier alpha value is -0.410. The molecular weight excluding hydrogens is 190 g/mol. The van der Waals surface area contributed by atoms with Gasteiger partial charge >= 0.3 is 0 Å². The zero-order valence-corrected chi connectivity index (χ0v) is 9.48. The minimum atomic E-state index is -0.138. The smallest absolute Gasteiger partial charge is 0.137 e. The molecule has 1 aliphatic heterocycles. The van der Waals surface area contributed by atoms with Crippen molar-refractivity contribution in [2.24, 2.45) is 11.8 Å². The fourth-order valence-electron chi connectivity index (χ4n) is 2.78. The molecule has 0 spiro atoms. The van der Waals surface area contributed by atoms with Crippen LogP contribution in [-0.2, 0) is 4.79 Å². The Morgan fingerprint density at radius 1 is 1.47 bits per heavy atom. The third-order valence-corrected chi connectivity index (χ3v) is 3.85. The van der Waals surface area contributed by atoms with Gasteiger partial charge in [0.1, 0.15) is 5.78 Å². The number of carbonyl (C=O) groups is 1. The second kappa shape index (κ2) is 4.62. The van der Waals surface area contributed by atoms with Crippen molar-refractivity contribution in [3.63, 3.8) is 0 Å². The molecule has 1 saturated heterocycles. The van der Waals surface area contributed by atoms with Crippen molar-refractivity contribution in [1.82, 2.24) is 4.90 Å². The highest BCUT2D eigenvalue weighted by molar-refractivity contribution is 5.83. The van der Waals surface area contributed by atoms with E-state index in [4.69, 9.17) is 0 Å². The van der Waals surface area contributed by atoms with E-state index >= 15 is 0 Å². The van der Waals surface area contributed by atoms with Gasteiger partial charge in [0.2, 0.25) is 0 Å². The summed E-state index contributed by atoms with van der Waals surface area (Å²) in [7, 11) is 0. The molecule has 0 bridgehead atoms. The van der Waals surface area contributed by atoms with Crippen molar-refractivity contribution in [1.29, 1.82) is 0 Å². The zero-order valence-electron chi connectivity index (χ0n) is 9.48. The monoisotopic (exact) mass is 211 g/mol. The second-order valence-corrected chi connectivity index (χ2v) is 5.15. The van der Waals surface area contributed by atoms with Gasteiger partial charge in [-0.15, -0.1) is 0 Å². The number of likely N-dealkylation sites (tertiary alicyclic amines) is 1. The third kappa shape index (κ3) is 2.58. The molecule has 0 aromatic rings. The largest absolute Gasteiger partial charge is 0.393 e. The number of Topliss-reactive ketones (excluding diaryl/α,β-unsaturated/α-hetero) is 1. The fraction of sp³-hybridized carbons (Fsp3) is 0.917. The van der Waals surface area contributed by atoms with Gasteiger partial charge in [0.05, 0.1) is 6.10 Å². The van der Waals surface area contributed by atoms with Gasteiger partial charge in [-0.05, 0) is 25.2 Å². The summed E-state index contributed by atoms with van der Waals surface area (Å²) >= 11 is 0. The summed E-state index contributed by atoms with van der Waals surface area (Å²) in [6.07, 6.45) is 3.67. The van der Waals surface area contributed by atoms with Crippen molar-refractivity contribution in [2.45, 2.75) is 38.7 Å². The lowest BCUT2D eigenvalue weighted by Gasteiger charge is -2.35. The highest BCUT2D eigenvalue weighted by atomic mass is 16.3. The van der Waals surface area contributed by atoms with Gasteiger partial charge in [0, 0.05) is 32.0 Å². The van der Waals surface area contributed by atoms with Gasteiger partial charge in [-0.25, -0.2) is 0 Å². The molecule has 1 heterocycles. The molecule has 2 aliphatic rings. The Labute approximate surface area is 91.5 Å². The van der Waals surface area contributed by atoms with Crippen LogP contribution in [0, 0.1) is 11.8 Å². The fourth-order valence-corrected chi connectivity index (χ4v) is 2.78. The van der Waals surface area contributed by atoms with E-state index in [9.17, 15) is 9.90 Å². The molecule has 0 amide bonds. The topological polar surface area (TPSA) is 40.5 Å². The molecule has 3 heteroatoms. The third-order valence-electron chi connectivity index (χ3n) is 3.85. The number of piperidine rings is 1. The molecule has 1 aliphatic carbocycles. The normalized spacial score (nSPS) is 38.5. The van der Waals surface area contributed by atoms with E-state index in [-0.39, 0.29) is 12.0 Å². The van der Waals surface area contributed by atoms with E-state index < -0.39 is 0 Å². The summed E-state index contributed by atoms with van der Waals surface area (Å²) in [5.41, 5.74) is 0. The van der Waals surface area contributed by atoms with Gasteiger partial charge in [-0.3, -0.25) is 4.79 Å². The number of aliphatic hydroxyl groups excluding tert-OH is 1. The van der Waals surface area contributed by atoms with E-state index in [2.05, 4.69) is 11.8 Å². The summed E-state index contributed by atoms with van der Waals surface area (Å²) in [4.78, 5) is 13.9. The molecular formula is C12H21NO2. The highest BCUT2D eigenvalue weighted by Gasteiger charge is 2.30. The van der Waals surface area contributed by atoms with Gasteiger partial charge in [0.25, 0.3) is 0 Å². The van der Waals surface area contributed by atoms with Crippen LogP contribution in [0.3, 0.4) is 0 Å². The molecule has 2 rings (SSSR count). The van der Waals surface area contributed by atoms with Crippen LogP contribution in [-0.4, -0.2) is 41.5 Å². The van der Waals surface area contributed by atoms with Gasteiger partial charge < -0.3 is 10.0 Å². The number of hydrogen-bond donors (Lipinski definition) is 1. The minimum absolute atomic E-state index is 0.138. The summed E-state index contributed by atoms with van der Waals surface area (Å²) in [5.74, 6) is 1.09. The molecule has 3 nitrogen and oxygen atoms in total. The first-order chi connectivity index (χ1) is 7.16. The number of carbonyl (C=O) groups excluding carboxylic acids is 1.